The van der Waals surface area contributed by atoms with Gasteiger partial charge in [0.15, 0.2) is 6.10 Å². The molecule has 2 aliphatic rings. The minimum atomic E-state index is -4.94. The largest absolute Gasteiger partial charge is 0.433 e. The Labute approximate surface area is 173 Å². The summed E-state index contributed by atoms with van der Waals surface area (Å²) in [6.45, 7) is -2.23. The van der Waals surface area contributed by atoms with E-state index in [0.717, 1.165) is 6.20 Å². The van der Waals surface area contributed by atoms with E-state index in [1.807, 2.05) is 4.90 Å². The Kier molecular flexibility index (Phi) is 6.34. The van der Waals surface area contributed by atoms with Crippen molar-refractivity contribution < 1.29 is 36.6 Å². The number of amidine groups is 1. The van der Waals surface area contributed by atoms with E-state index in [1.165, 1.54) is 12.1 Å². The number of piperidine rings is 1. The lowest BCUT2D eigenvalue weighted by atomic mass is 9.82. The number of halogens is 5. The zero-order valence-electron chi connectivity index (χ0n) is 16.0. The second-order valence-corrected chi connectivity index (χ2v) is 7.16. The molecule has 0 radical (unpaired) electrons. The second-order valence-electron chi connectivity index (χ2n) is 7.16. The number of aliphatic hydroxyl groups excluding tert-OH is 1. The molecule has 170 valence electrons. The predicted octanol–water partition coefficient (Wildman–Crippen LogP) is 1.55. The van der Waals surface area contributed by atoms with Crippen molar-refractivity contribution in [1.29, 1.82) is 0 Å². The molecule has 3 heterocycles. The smallest absolute Gasteiger partial charge is 0.398 e. The van der Waals surface area contributed by atoms with Crippen LogP contribution in [0.2, 0.25) is 0 Å². The zero-order valence-corrected chi connectivity index (χ0v) is 16.0. The van der Waals surface area contributed by atoms with Crippen LogP contribution < -0.4 is 21.1 Å². The molecule has 0 unspecified atom stereocenters. The maximum Gasteiger partial charge on any atom is 0.398 e. The number of aromatic nitrogens is 1. The number of aliphatic imine (C=N–C) groups is 1. The van der Waals surface area contributed by atoms with Gasteiger partial charge in [-0.3, -0.25) is 4.79 Å². The molecule has 0 spiro atoms. The Morgan fingerprint density at radius 3 is 2.42 bits per heavy atom. The monoisotopic (exact) mass is 449 g/mol. The number of nitrogens with two attached hydrogens (primary N) is 2. The Morgan fingerprint density at radius 1 is 1.26 bits per heavy atom. The van der Waals surface area contributed by atoms with Crippen molar-refractivity contribution in [2.75, 3.05) is 18.0 Å². The fourth-order valence-electron chi connectivity index (χ4n) is 3.75. The third-order valence-electron chi connectivity index (χ3n) is 5.25. The molecule has 1 saturated heterocycles. The molecule has 5 N–H and O–H groups in total. The molecule has 2 atom stereocenters. The van der Waals surface area contributed by atoms with Crippen molar-refractivity contribution in [3.8, 4) is 5.75 Å². The lowest BCUT2D eigenvalue weighted by molar-refractivity contribution is -0.190. The number of anilines is 1. The van der Waals surface area contributed by atoms with Crippen LogP contribution >= 0.6 is 0 Å². The Morgan fingerprint density at radius 2 is 1.90 bits per heavy atom. The molecule has 0 bridgehead atoms. The third kappa shape index (κ3) is 4.86. The number of allylic oxidation sites excluding steroid dienone is 1. The van der Waals surface area contributed by atoms with Gasteiger partial charge in [-0.2, -0.15) is 26.9 Å². The van der Waals surface area contributed by atoms with Gasteiger partial charge >= 0.3 is 12.8 Å². The number of hydrogen-bond donors (Lipinski definition) is 3. The summed E-state index contributed by atoms with van der Waals surface area (Å²) in [5, 5.41) is 9.78. The van der Waals surface area contributed by atoms with Gasteiger partial charge in [0.1, 0.15) is 23.3 Å². The highest BCUT2D eigenvalue weighted by Crippen LogP contribution is 2.40. The fraction of sp³-hybridized carbons (Fsp3) is 0.500. The number of hydrogen-bond acceptors (Lipinski definition) is 7. The molecule has 1 amide bonds. The molecule has 0 aromatic carbocycles. The molecule has 0 aliphatic carbocycles. The number of carbonyl (C=O) groups excluding carboxylic acids is 1. The topological polar surface area (TPSA) is 127 Å². The summed E-state index contributed by atoms with van der Waals surface area (Å²) in [4.78, 5) is 20.7. The van der Waals surface area contributed by atoms with Crippen LogP contribution in [-0.4, -0.2) is 53.8 Å². The number of aliphatic hydroxyl groups is 1. The highest BCUT2D eigenvalue weighted by Gasteiger charge is 2.53. The summed E-state index contributed by atoms with van der Waals surface area (Å²) >= 11 is 0. The molecular formula is C18H20F5N5O3. The van der Waals surface area contributed by atoms with Gasteiger partial charge in [-0.1, -0.05) is 0 Å². The van der Waals surface area contributed by atoms with Crippen molar-refractivity contribution in [3.05, 3.63) is 29.6 Å². The van der Waals surface area contributed by atoms with Crippen molar-refractivity contribution in [3.63, 3.8) is 0 Å². The molecule has 13 heteroatoms. The van der Waals surface area contributed by atoms with Gasteiger partial charge in [0.05, 0.1) is 6.20 Å². The van der Waals surface area contributed by atoms with Gasteiger partial charge in [0.2, 0.25) is 0 Å². The van der Waals surface area contributed by atoms with Gasteiger partial charge < -0.3 is 26.2 Å². The molecule has 2 aliphatic heterocycles. The second kappa shape index (κ2) is 8.65. The molecule has 8 nitrogen and oxygen atoms in total. The van der Waals surface area contributed by atoms with E-state index in [2.05, 4.69) is 14.7 Å². The molecule has 1 aromatic heterocycles. The summed E-state index contributed by atoms with van der Waals surface area (Å²) in [6.07, 6.45) is -5.51. The predicted molar refractivity (Wildman–Crippen MR) is 99.2 cm³/mol. The summed E-state index contributed by atoms with van der Waals surface area (Å²) in [5.41, 5.74) is 10.9. The van der Waals surface area contributed by atoms with E-state index in [1.54, 1.807) is 0 Å². The van der Waals surface area contributed by atoms with Crippen LogP contribution in [0.1, 0.15) is 12.8 Å². The zero-order chi connectivity index (χ0) is 22.9. The van der Waals surface area contributed by atoms with Crippen LogP contribution in [0.25, 0.3) is 0 Å². The number of carbonyl (C=O) groups is 1. The maximum atomic E-state index is 13.5. The first-order valence-corrected chi connectivity index (χ1v) is 9.27. The van der Waals surface area contributed by atoms with Crippen LogP contribution in [0.5, 0.6) is 5.75 Å². The van der Waals surface area contributed by atoms with Gasteiger partial charge in [-0.25, -0.2) is 4.98 Å². The van der Waals surface area contributed by atoms with Crippen LogP contribution in [-0.2, 0) is 4.79 Å². The summed E-state index contributed by atoms with van der Waals surface area (Å²) in [7, 11) is 0. The number of pyridine rings is 1. The first kappa shape index (κ1) is 22.7. The van der Waals surface area contributed by atoms with E-state index in [-0.39, 0.29) is 11.4 Å². The van der Waals surface area contributed by atoms with Gasteiger partial charge in [0, 0.05) is 30.3 Å². The minimum Gasteiger partial charge on any atom is -0.433 e. The van der Waals surface area contributed by atoms with Gasteiger partial charge in [-0.05, 0) is 25.0 Å². The van der Waals surface area contributed by atoms with Crippen LogP contribution in [0, 0.1) is 11.8 Å². The number of rotatable bonds is 4. The molecule has 3 rings (SSSR count). The van der Waals surface area contributed by atoms with Crippen LogP contribution in [0.15, 0.2) is 34.6 Å². The average molecular weight is 449 g/mol. The van der Waals surface area contributed by atoms with E-state index in [4.69, 9.17) is 11.5 Å². The van der Waals surface area contributed by atoms with E-state index < -0.39 is 48.0 Å². The van der Waals surface area contributed by atoms with E-state index >= 15 is 0 Å². The SMILES string of the molecule is NC1=NC(=O)[C@H](O)[C@H](C(F)(F)F)C1=C(N)C1CCN(c2ccc(OC(F)F)cn2)CC1. The highest BCUT2D eigenvalue weighted by molar-refractivity contribution is 6.09. The summed E-state index contributed by atoms with van der Waals surface area (Å²) in [5.74, 6) is -4.66. The lowest BCUT2D eigenvalue weighted by Crippen LogP contribution is -2.49. The molecular weight excluding hydrogens is 429 g/mol. The van der Waals surface area contributed by atoms with Crippen molar-refractivity contribution in [1.82, 2.24) is 4.98 Å². The molecule has 1 aromatic rings. The quantitative estimate of drug-likeness (QED) is 0.595. The Balaban J connectivity index is 1.76. The van der Waals surface area contributed by atoms with E-state index in [9.17, 15) is 31.9 Å². The normalized spacial score (nSPS) is 24.9. The fourth-order valence-corrected chi connectivity index (χ4v) is 3.75. The first-order chi connectivity index (χ1) is 14.5. The first-order valence-electron chi connectivity index (χ1n) is 9.27. The lowest BCUT2D eigenvalue weighted by Gasteiger charge is -2.36. The minimum absolute atomic E-state index is 0.0963. The van der Waals surface area contributed by atoms with Gasteiger partial charge in [-0.15, -0.1) is 0 Å². The van der Waals surface area contributed by atoms with Crippen molar-refractivity contribution in [2.24, 2.45) is 28.3 Å². The molecule has 0 saturated carbocycles. The standard InChI is InChI=1S/C18H20F5N5O3/c19-17(20)31-9-1-2-10(26-7-9)28-5-3-8(4-6-28)13(24)11-12(18(21,22)23)14(29)16(30)27-15(11)25/h1-2,7-8,12,14,17,29H,3-6,24H2,(H2,25,27,30)/t12-,14-/m1/s1. The van der Waals surface area contributed by atoms with Crippen LogP contribution in [0.3, 0.4) is 0 Å². The average Bonchev–Trinajstić information content (AvgIpc) is 2.69. The number of ether oxygens (including phenoxy) is 1. The number of nitrogens with zero attached hydrogens (tertiary/aromatic N) is 3. The summed E-state index contributed by atoms with van der Waals surface area (Å²) < 4.78 is 69.3. The van der Waals surface area contributed by atoms with Gasteiger partial charge in [0.25, 0.3) is 5.91 Å². The maximum absolute atomic E-state index is 13.5. The third-order valence-corrected chi connectivity index (χ3v) is 5.25. The Bertz CT molecular complexity index is 880. The number of alkyl halides is 5. The number of amides is 1. The summed E-state index contributed by atoms with van der Waals surface area (Å²) in [6, 6.07) is 2.83. The van der Waals surface area contributed by atoms with E-state index in [0.29, 0.717) is 31.7 Å². The molecule has 1 fully saturated rings. The highest BCUT2D eigenvalue weighted by atomic mass is 19.4. The van der Waals surface area contributed by atoms with Crippen molar-refractivity contribution in [2.45, 2.75) is 31.7 Å². The Hall–Kier alpha value is -2.96. The van der Waals surface area contributed by atoms with Crippen LogP contribution in [0.4, 0.5) is 27.8 Å². The van der Waals surface area contributed by atoms with Crippen molar-refractivity contribution >= 4 is 17.6 Å². The molecule has 31 heavy (non-hydrogen) atoms.